The number of benzene rings is 1. The molecule has 2 atom stereocenters. The third-order valence-electron chi connectivity index (χ3n) is 3.63. The largest absolute Gasteiger partial charge is 0.373 e. The molecule has 19 heavy (non-hydrogen) atoms. The molecular weight excluding hydrogens is 262 g/mol. The van der Waals surface area contributed by atoms with Crippen LogP contribution >= 0.6 is 11.6 Å². The van der Waals surface area contributed by atoms with Crippen molar-refractivity contribution >= 4 is 17.5 Å². The highest BCUT2D eigenvalue weighted by Crippen LogP contribution is 2.20. The number of amides is 1. The van der Waals surface area contributed by atoms with Crippen LogP contribution in [0, 0.1) is 13.8 Å². The molecule has 0 radical (unpaired) electrons. The van der Waals surface area contributed by atoms with Crippen LogP contribution in [0.25, 0.3) is 0 Å². The van der Waals surface area contributed by atoms with Crippen LogP contribution in [-0.4, -0.2) is 42.0 Å². The van der Waals surface area contributed by atoms with Crippen LogP contribution in [0.2, 0.25) is 0 Å². The fourth-order valence-electron chi connectivity index (χ4n) is 2.49. The van der Waals surface area contributed by atoms with E-state index in [4.69, 9.17) is 16.3 Å². The number of hydrogen-bond donors (Lipinski definition) is 0. The van der Waals surface area contributed by atoms with E-state index in [0.717, 1.165) is 16.7 Å². The highest BCUT2D eigenvalue weighted by atomic mass is 35.5. The summed E-state index contributed by atoms with van der Waals surface area (Å²) in [4.78, 5) is 14.6. The van der Waals surface area contributed by atoms with E-state index in [-0.39, 0.29) is 18.1 Å². The Kier molecular flexibility index (Phi) is 4.48. The molecule has 4 heteroatoms. The predicted molar refractivity (Wildman–Crippen MR) is 76.9 cm³/mol. The molecule has 104 valence electrons. The summed E-state index contributed by atoms with van der Waals surface area (Å²) in [5.74, 6) is 0.505. The lowest BCUT2D eigenvalue weighted by Crippen LogP contribution is -2.51. The van der Waals surface area contributed by atoms with Gasteiger partial charge >= 0.3 is 0 Å². The normalized spacial score (nSPS) is 23.5. The number of ether oxygens (including phenoxy) is 1. The van der Waals surface area contributed by atoms with Gasteiger partial charge in [0.15, 0.2) is 0 Å². The first-order chi connectivity index (χ1) is 9.04. The number of aryl methyl sites for hydroxylation is 2. The average molecular weight is 282 g/mol. The first kappa shape index (κ1) is 14.4. The van der Waals surface area contributed by atoms with Gasteiger partial charge in [-0.05, 0) is 31.9 Å². The van der Waals surface area contributed by atoms with Gasteiger partial charge in [0, 0.05) is 12.1 Å². The van der Waals surface area contributed by atoms with Gasteiger partial charge in [0.2, 0.25) is 0 Å². The van der Waals surface area contributed by atoms with Crippen LogP contribution in [0.3, 0.4) is 0 Å². The SMILES string of the molecule is Cc1cccc(C)c1C(=O)N1CC(CCl)OCC1C. The van der Waals surface area contributed by atoms with Crippen LogP contribution in [0.15, 0.2) is 18.2 Å². The number of carbonyl (C=O) groups is 1. The maximum Gasteiger partial charge on any atom is 0.254 e. The van der Waals surface area contributed by atoms with Gasteiger partial charge in [0.25, 0.3) is 5.91 Å². The monoisotopic (exact) mass is 281 g/mol. The third-order valence-corrected chi connectivity index (χ3v) is 3.98. The maximum atomic E-state index is 12.7. The van der Waals surface area contributed by atoms with Gasteiger partial charge in [-0.25, -0.2) is 0 Å². The topological polar surface area (TPSA) is 29.5 Å². The highest BCUT2D eigenvalue weighted by molar-refractivity contribution is 6.18. The molecule has 0 saturated carbocycles. The first-order valence-corrected chi connectivity index (χ1v) is 7.12. The number of nitrogens with zero attached hydrogens (tertiary/aromatic N) is 1. The number of rotatable bonds is 2. The molecule has 0 spiro atoms. The molecule has 1 saturated heterocycles. The zero-order valence-electron chi connectivity index (χ0n) is 11.6. The lowest BCUT2D eigenvalue weighted by atomic mass is 10.0. The average Bonchev–Trinajstić information content (AvgIpc) is 2.39. The van der Waals surface area contributed by atoms with Gasteiger partial charge in [-0.15, -0.1) is 11.6 Å². The van der Waals surface area contributed by atoms with Crippen molar-refractivity contribution in [2.75, 3.05) is 19.0 Å². The van der Waals surface area contributed by atoms with Crippen molar-refractivity contribution in [1.82, 2.24) is 4.90 Å². The van der Waals surface area contributed by atoms with Crippen molar-refractivity contribution in [3.63, 3.8) is 0 Å². The molecule has 0 aromatic heterocycles. The second kappa shape index (κ2) is 5.93. The van der Waals surface area contributed by atoms with Gasteiger partial charge in [0.1, 0.15) is 0 Å². The van der Waals surface area contributed by atoms with E-state index in [1.54, 1.807) is 0 Å². The first-order valence-electron chi connectivity index (χ1n) is 6.59. The van der Waals surface area contributed by atoms with Crippen molar-refractivity contribution in [2.45, 2.75) is 32.9 Å². The number of morpholine rings is 1. The minimum absolute atomic E-state index is 0.0638. The van der Waals surface area contributed by atoms with Crippen LogP contribution in [0.1, 0.15) is 28.4 Å². The molecule has 1 aromatic rings. The summed E-state index contributed by atoms with van der Waals surface area (Å²) >= 11 is 5.84. The minimum atomic E-state index is -0.0638. The summed E-state index contributed by atoms with van der Waals surface area (Å²) < 4.78 is 5.59. The predicted octanol–water partition coefficient (Wildman–Crippen LogP) is 2.77. The van der Waals surface area contributed by atoms with E-state index in [2.05, 4.69) is 0 Å². The lowest BCUT2D eigenvalue weighted by Gasteiger charge is -2.38. The van der Waals surface area contributed by atoms with E-state index >= 15 is 0 Å². The molecular formula is C15H20ClNO2. The molecule has 2 rings (SSSR count). The summed E-state index contributed by atoms with van der Waals surface area (Å²) in [6.45, 7) is 7.08. The van der Waals surface area contributed by atoms with E-state index in [1.165, 1.54) is 0 Å². The molecule has 1 aliphatic rings. The lowest BCUT2D eigenvalue weighted by molar-refractivity contribution is -0.0372. The summed E-state index contributed by atoms with van der Waals surface area (Å²) in [6, 6.07) is 6.02. The van der Waals surface area contributed by atoms with Crippen molar-refractivity contribution in [3.8, 4) is 0 Å². The van der Waals surface area contributed by atoms with Crippen molar-refractivity contribution in [3.05, 3.63) is 34.9 Å². The Hall–Kier alpha value is -1.06. The van der Waals surface area contributed by atoms with Crippen LogP contribution in [0.4, 0.5) is 0 Å². The van der Waals surface area contributed by atoms with Crippen LogP contribution < -0.4 is 0 Å². The minimum Gasteiger partial charge on any atom is -0.373 e. The number of halogens is 1. The number of carbonyl (C=O) groups excluding carboxylic acids is 1. The molecule has 3 nitrogen and oxygen atoms in total. The summed E-state index contributed by atoms with van der Waals surface area (Å²) in [7, 11) is 0. The smallest absolute Gasteiger partial charge is 0.254 e. The Balaban J connectivity index is 2.27. The Morgan fingerprint density at radius 3 is 2.63 bits per heavy atom. The van der Waals surface area contributed by atoms with Gasteiger partial charge in [-0.3, -0.25) is 4.79 Å². The zero-order chi connectivity index (χ0) is 14.0. The summed E-state index contributed by atoms with van der Waals surface area (Å²) in [6.07, 6.45) is -0.0638. The Morgan fingerprint density at radius 1 is 1.42 bits per heavy atom. The van der Waals surface area contributed by atoms with E-state index in [9.17, 15) is 4.79 Å². The molecule has 1 heterocycles. The second-order valence-corrected chi connectivity index (χ2v) is 5.49. The molecule has 1 amide bonds. The Bertz CT molecular complexity index is 455. The molecule has 0 N–H and O–H groups in total. The van der Waals surface area contributed by atoms with Gasteiger partial charge < -0.3 is 9.64 Å². The van der Waals surface area contributed by atoms with Crippen molar-refractivity contribution in [2.24, 2.45) is 0 Å². The molecule has 1 aliphatic heterocycles. The van der Waals surface area contributed by atoms with Crippen LogP contribution in [-0.2, 0) is 4.74 Å². The van der Waals surface area contributed by atoms with Crippen LogP contribution in [0.5, 0.6) is 0 Å². The zero-order valence-corrected chi connectivity index (χ0v) is 12.4. The Morgan fingerprint density at radius 2 is 2.05 bits per heavy atom. The number of hydrogen-bond acceptors (Lipinski definition) is 2. The quantitative estimate of drug-likeness (QED) is 0.780. The second-order valence-electron chi connectivity index (χ2n) is 5.18. The fraction of sp³-hybridized carbons (Fsp3) is 0.533. The molecule has 0 aliphatic carbocycles. The summed E-state index contributed by atoms with van der Waals surface area (Å²) in [5.41, 5.74) is 2.85. The Labute approximate surface area is 119 Å². The van der Waals surface area contributed by atoms with Gasteiger partial charge in [0.05, 0.1) is 24.6 Å². The van der Waals surface area contributed by atoms with Crippen molar-refractivity contribution in [1.29, 1.82) is 0 Å². The van der Waals surface area contributed by atoms with Gasteiger partial charge in [-0.1, -0.05) is 18.2 Å². The fourth-order valence-corrected chi connectivity index (χ4v) is 2.68. The van der Waals surface area contributed by atoms with Crippen molar-refractivity contribution < 1.29 is 9.53 Å². The third kappa shape index (κ3) is 2.93. The van der Waals surface area contributed by atoms with E-state index in [0.29, 0.717) is 19.0 Å². The maximum absolute atomic E-state index is 12.7. The standard InChI is InChI=1S/C15H20ClNO2/c1-10-5-4-6-11(2)14(10)15(18)17-8-13(7-16)19-9-12(17)3/h4-6,12-13H,7-9H2,1-3H3. The van der Waals surface area contributed by atoms with E-state index in [1.807, 2.05) is 43.9 Å². The summed E-state index contributed by atoms with van der Waals surface area (Å²) in [5, 5.41) is 0. The molecule has 2 unspecified atom stereocenters. The molecule has 1 fully saturated rings. The molecule has 0 bridgehead atoms. The number of alkyl halides is 1. The van der Waals surface area contributed by atoms with Gasteiger partial charge in [-0.2, -0.15) is 0 Å². The molecule has 1 aromatic carbocycles. The highest BCUT2D eigenvalue weighted by Gasteiger charge is 2.30. The van der Waals surface area contributed by atoms with E-state index < -0.39 is 0 Å².